The van der Waals surface area contributed by atoms with Crippen molar-refractivity contribution in [1.29, 1.82) is 0 Å². The molecule has 3 heteroatoms. The van der Waals surface area contributed by atoms with Crippen LogP contribution in [0.1, 0.15) is 11.4 Å². The molecule has 60 valence electrons. The van der Waals surface area contributed by atoms with E-state index >= 15 is 0 Å². The van der Waals surface area contributed by atoms with Gasteiger partial charge in [-0.05, 0) is 0 Å². The van der Waals surface area contributed by atoms with E-state index < -0.39 is 0 Å². The molecule has 0 aliphatic carbocycles. The second-order valence-corrected chi connectivity index (χ2v) is 4.23. The molecule has 0 bridgehead atoms. The summed E-state index contributed by atoms with van der Waals surface area (Å²) in [5.41, 5.74) is 0. The van der Waals surface area contributed by atoms with Gasteiger partial charge in [0.05, 0.1) is 0 Å². The van der Waals surface area contributed by atoms with E-state index in [1.165, 1.54) is 4.44 Å². The molecule has 2 nitrogen and oxygen atoms in total. The fourth-order valence-electron chi connectivity index (χ4n) is 0.767. The fourth-order valence-corrected chi connectivity index (χ4v) is 2.22. The molecule has 11 heavy (non-hydrogen) atoms. The summed E-state index contributed by atoms with van der Waals surface area (Å²) in [6, 6.07) is 3.99. The summed E-state index contributed by atoms with van der Waals surface area (Å²) in [5.74, 6) is -0.107. The van der Waals surface area contributed by atoms with E-state index in [-0.39, 0.29) is 5.97 Å². The molecular weight excluding hydrogens is 207 g/mol. The monoisotopic (exact) mass is 218 g/mol. The van der Waals surface area contributed by atoms with Crippen molar-refractivity contribution in [2.24, 2.45) is 0 Å². The van der Waals surface area contributed by atoms with Crippen LogP contribution in [-0.2, 0) is 16.0 Å². The normalized spacial score (nSPS) is 9.55. The van der Waals surface area contributed by atoms with E-state index in [1.54, 1.807) is 0 Å². The molecular formula is C8H10O2Se. The SMILES string of the molecule is CCOC(=O)Cc1ccc[se]1. The number of carbonyl (C=O) groups excluding carboxylic acids is 1. The number of rotatable bonds is 3. The van der Waals surface area contributed by atoms with Gasteiger partial charge in [0.1, 0.15) is 0 Å². The molecule has 0 aliphatic rings. The molecule has 0 N–H and O–H groups in total. The fraction of sp³-hybridized carbons (Fsp3) is 0.375. The van der Waals surface area contributed by atoms with E-state index in [4.69, 9.17) is 4.74 Å². The molecule has 1 rings (SSSR count). The second kappa shape index (κ2) is 4.37. The van der Waals surface area contributed by atoms with Crippen LogP contribution in [0.15, 0.2) is 17.1 Å². The Morgan fingerprint density at radius 3 is 3.09 bits per heavy atom. The predicted octanol–water partition coefficient (Wildman–Crippen LogP) is 0.849. The van der Waals surface area contributed by atoms with Crippen molar-refractivity contribution in [3.8, 4) is 0 Å². The molecule has 0 aromatic carbocycles. The Morgan fingerprint density at radius 1 is 1.73 bits per heavy atom. The Hall–Kier alpha value is -0.531. The van der Waals surface area contributed by atoms with Crippen LogP contribution in [0.5, 0.6) is 0 Å². The third-order valence-corrected chi connectivity index (χ3v) is 3.04. The molecule has 0 radical (unpaired) electrons. The van der Waals surface area contributed by atoms with Crippen molar-refractivity contribution >= 4 is 20.5 Å². The van der Waals surface area contributed by atoms with Gasteiger partial charge in [-0.3, -0.25) is 0 Å². The summed E-state index contributed by atoms with van der Waals surface area (Å²) in [6.07, 6.45) is 0.473. The molecule has 1 aromatic heterocycles. The summed E-state index contributed by atoms with van der Waals surface area (Å²) < 4.78 is 6.01. The van der Waals surface area contributed by atoms with Crippen molar-refractivity contribution in [3.63, 3.8) is 0 Å². The Balaban J connectivity index is 2.37. The van der Waals surface area contributed by atoms with Crippen molar-refractivity contribution in [2.75, 3.05) is 6.61 Å². The van der Waals surface area contributed by atoms with Gasteiger partial charge in [-0.1, -0.05) is 0 Å². The van der Waals surface area contributed by atoms with E-state index in [9.17, 15) is 4.79 Å². The maximum atomic E-state index is 10.9. The molecule has 0 atom stereocenters. The first-order valence-electron chi connectivity index (χ1n) is 3.51. The zero-order valence-electron chi connectivity index (χ0n) is 6.37. The van der Waals surface area contributed by atoms with Crippen LogP contribution < -0.4 is 0 Å². The average Bonchev–Trinajstić information content (AvgIpc) is 2.40. The molecule has 0 fully saturated rings. The summed E-state index contributed by atoms with van der Waals surface area (Å²) in [6.45, 7) is 2.30. The van der Waals surface area contributed by atoms with E-state index in [1.807, 2.05) is 19.1 Å². The van der Waals surface area contributed by atoms with E-state index in [0.29, 0.717) is 27.5 Å². The Morgan fingerprint density at radius 2 is 2.55 bits per heavy atom. The molecule has 0 spiro atoms. The van der Waals surface area contributed by atoms with Gasteiger partial charge in [0.25, 0.3) is 0 Å². The Kier molecular flexibility index (Phi) is 3.40. The van der Waals surface area contributed by atoms with Gasteiger partial charge in [-0.2, -0.15) is 0 Å². The van der Waals surface area contributed by atoms with Crippen LogP contribution in [0, 0.1) is 0 Å². The molecule has 0 unspecified atom stereocenters. The minimum absolute atomic E-state index is 0.107. The van der Waals surface area contributed by atoms with Crippen molar-refractivity contribution in [2.45, 2.75) is 13.3 Å². The molecule has 1 heterocycles. The Bertz CT molecular complexity index is 216. The van der Waals surface area contributed by atoms with Crippen LogP contribution in [-0.4, -0.2) is 27.1 Å². The van der Waals surface area contributed by atoms with Crippen LogP contribution >= 0.6 is 0 Å². The maximum absolute atomic E-state index is 10.9. The molecule has 0 saturated heterocycles. The summed E-state index contributed by atoms with van der Waals surface area (Å²) in [4.78, 5) is 13.0. The van der Waals surface area contributed by atoms with E-state index in [2.05, 4.69) is 4.94 Å². The second-order valence-electron chi connectivity index (χ2n) is 2.06. The number of ether oxygens (including phenoxy) is 1. The molecule has 1 aromatic rings. The number of carbonyl (C=O) groups is 1. The zero-order valence-corrected chi connectivity index (χ0v) is 8.08. The average molecular weight is 217 g/mol. The van der Waals surface area contributed by atoms with Gasteiger partial charge >= 0.3 is 71.5 Å². The summed E-state index contributed by atoms with van der Waals surface area (Å²) in [5, 5.41) is 0. The van der Waals surface area contributed by atoms with Crippen molar-refractivity contribution in [1.82, 2.24) is 0 Å². The molecule has 0 amide bonds. The van der Waals surface area contributed by atoms with Crippen LogP contribution in [0.25, 0.3) is 0 Å². The third-order valence-electron chi connectivity index (χ3n) is 1.20. The van der Waals surface area contributed by atoms with Gasteiger partial charge in [-0.15, -0.1) is 0 Å². The quantitative estimate of drug-likeness (QED) is 0.554. The van der Waals surface area contributed by atoms with Gasteiger partial charge in [-0.25, -0.2) is 0 Å². The summed E-state index contributed by atoms with van der Waals surface area (Å²) >= 11 is 0.396. The number of esters is 1. The summed E-state index contributed by atoms with van der Waals surface area (Å²) in [7, 11) is 0. The van der Waals surface area contributed by atoms with Crippen LogP contribution in [0.2, 0.25) is 0 Å². The topological polar surface area (TPSA) is 26.3 Å². The first-order valence-corrected chi connectivity index (χ1v) is 5.35. The van der Waals surface area contributed by atoms with Gasteiger partial charge in [0.15, 0.2) is 0 Å². The molecule has 0 aliphatic heterocycles. The first kappa shape index (κ1) is 8.56. The predicted molar refractivity (Wildman–Crippen MR) is 43.7 cm³/mol. The third kappa shape index (κ3) is 2.91. The van der Waals surface area contributed by atoms with Crippen LogP contribution in [0.3, 0.4) is 0 Å². The van der Waals surface area contributed by atoms with Crippen LogP contribution in [0.4, 0.5) is 0 Å². The van der Waals surface area contributed by atoms with Gasteiger partial charge in [0, 0.05) is 0 Å². The minimum atomic E-state index is -0.107. The van der Waals surface area contributed by atoms with Gasteiger partial charge in [0.2, 0.25) is 0 Å². The standard InChI is InChI=1S/C8H10O2Se/c1-2-10-8(9)6-7-4-3-5-11-7/h3-5H,2,6H2,1H3. The van der Waals surface area contributed by atoms with Crippen molar-refractivity contribution in [3.05, 3.63) is 21.5 Å². The van der Waals surface area contributed by atoms with E-state index in [0.717, 1.165) is 0 Å². The zero-order chi connectivity index (χ0) is 8.10. The molecule has 0 saturated carbocycles. The van der Waals surface area contributed by atoms with Gasteiger partial charge < -0.3 is 0 Å². The first-order chi connectivity index (χ1) is 5.33. The van der Waals surface area contributed by atoms with Crippen molar-refractivity contribution < 1.29 is 9.53 Å². The number of hydrogen-bond donors (Lipinski definition) is 0. The Labute approximate surface area is 71.9 Å². The number of hydrogen-bond acceptors (Lipinski definition) is 2.